The van der Waals surface area contributed by atoms with E-state index >= 15 is 0 Å². The van der Waals surface area contributed by atoms with E-state index < -0.39 is 10.0 Å². The summed E-state index contributed by atoms with van der Waals surface area (Å²) < 4.78 is 26.8. The largest absolute Gasteiger partial charge is 0.398 e. The van der Waals surface area contributed by atoms with E-state index in [1.807, 2.05) is 6.07 Å². The van der Waals surface area contributed by atoms with Gasteiger partial charge in [0.25, 0.3) is 0 Å². The van der Waals surface area contributed by atoms with Gasteiger partial charge in [0.1, 0.15) is 0 Å². The van der Waals surface area contributed by atoms with Crippen molar-refractivity contribution >= 4 is 31.6 Å². The van der Waals surface area contributed by atoms with Crippen LogP contribution in [0.15, 0.2) is 27.6 Å². The second-order valence-corrected chi connectivity index (χ2v) is 6.96. The second-order valence-electron chi connectivity index (χ2n) is 4.17. The molecule has 0 fully saturated rings. The smallest absolute Gasteiger partial charge is 0.243 e. The molecule has 0 aromatic heterocycles. The number of nitrogen functional groups attached to an aromatic ring is 1. The SMILES string of the molecule is CCN(CC(C)C#N)S(=O)(=O)c1ccc(Br)c(N)c1. The molecule has 0 bridgehead atoms. The van der Waals surface area contributed by atoms with Gasteiger partial charge in [-0.1, -0.05) is 6.92 Å². The van der Waals surface area contributed by atoms with Gasteiger partial charge >= 0.3 is 0 Å². The van der Waals surface area contributed by atoms with Gasteiger partial charge in [-0.2, -0.15) is 9.57 Å². The monoisotopic (exact) mass is 345 g/mol. The number of sulfonamides is 1. The van der Waals surface area contributed by atoms with E-state index in [9.17, 15) is 8.42 Å². The van der Waals surface area contributed by atoms with Crippen molar-refractivity contribution in [1.29, 1.82) is 5.26 Å². The van der Waals surface area contributed by atoms with Gasteiger partial charge in [-0.15, -0.1) is 0 Å². The number of nitriles is 1. The van der Waals surface area contributed by atoms with Crippen molar-refractivity contribution in [2.24, 2.45) is 5.92 Å². The summed E-state index contributed by atoms with van der Waals surface area (Å²) in [5.74, 6) is -0.359. The van der Waals surface area contributed by atoms with Crippen LogP contribution in [0.2, 0.25) is 0 Å². The molecule has 2 N–H and O–H groups in total. The summed E-state index contributed by atoms with van der Waals surface area (Å²) in [6.45, 7) is 3.91. The zero-order chi connectivity index (χ0) is 14.6. The van der Waals surface area contributed by atoms with E-state index in [4.69, 9.17) is 11.0 Å². The maximum Gasteiger partial charge on any atom is 0.243 e. The molecular formula is C12H16BrN3O2S. The maximum atomic E-state index is 12.4. The van der Waals surface area contributed by atoms with Crippen LogP contribution in [0.1, 0.15) is 13.8 Å². The number of hydrogen-bond donors (Lipinski definition) is 1. The van der Waals surface area contributed by atoms with Crippen LogP contribution in [0.4, 0.5) is 5.69 Å². The van der Waals surface area contributed by atoms with Gasteiger partial charge in [0.15, 0.2) is 0 Å². The molecule has 0 saturated carbocycles. The molecule has 0 radical (unpaired) electrons. The molecule has 1 aromatic rings. The number of hydrogen-bond acceptors (Lipinski definition) is 4. The molecule has 1 rings (SSSR count). The Morgan fingerprint density at radius 2 is 2.16 bits per heavy atom. The Bertz CT molecular complexity index is 595. The molecule has 19 heavy (non-hydrogen) atoms. The van der Waals surface area contributed by atoms with Crippen LogP contribution in [0.3, 0.4) is 0 Å². The Balaban J connectivity index is 3.14. The number of nitrogens with zero attached hydrogens (tertiary/aromatic N) is 2. The molecule has 7 heteroatoms. The van der Waals surface area contributed by atoms with E-state index in [1.54, 1.807) is 19.9 Å². The zero-order valence-electron chi connectivity index (χ0n) is 10.8. The first kappa shape index (κ1) is 16.0. The Labute approximate surface area is 122 Å². The number of anilines is 1. The minimum Gasteiger partial charge on any atom is -0.398 e. The van der Waals surface area contributed by atoms with E-state index in [2.05, 4.69) is 15.9 Å². The number of rotatable bonds is 5. The average Bonchev–Trinajstić information content (AvgIpc) is 2.38. The third-order valence-electron chi connectivity index (χ3n) is 2.66. The van der Waals surface area contributed by atoms with Crippen molar-refractivity contribution in [3.63, 3.8) is 0 Å². The van der Waals surface area contributed by atoms with Gasteiger partial charge in [-0.3, -0.25) is 0 Å². The summed E-state index contributed by atoms with van der Waals surface area (Å²) in [6.07, 6.45) is 0. The number of halogens is 1. The molecule has 0 saturated heterocycles. The molecule has 1 atom stereocenters. The molecule has 0 aliphatic carbocycles. The normalized spacial score (nSPS) is 13.2. The summed E-state index contributed by atoms with van der Waals surface area (Å²) >= 11 is 3.23. The van der Waals surface area contributed by atoms with Gasteiger partial charge in [-0.25, -0.2) is 8.42 Å². The van der Waals surface area contributed by atoms with Crippen LogP contribution in [0.25, 0.3) is 0 Å². The van der Waals surface area contributed by atoms with Gasteiger partial charge in [-0.05, 0) is 41.1 Å². The van der Waals surface area contributed by atoms with Gasteiger partial charge in [0.05, 0.1) is 16.9 Å². The average molecular weight is 346 g/mol. The summed E-state index contributed by atoms with van der Waals surface area (Å²) in [4.78, 5) is 0.139. The minimum atomic E-state index is -3.61. The fourth-order valence-electron chi connectivity index (χ4n) is 1.57. The van der Waals surface area contributed by atoms with Crippen LogP contribution in [-0.2, 0) is 10.0 Å². The summed E-state index contributed by atoms with van der Waals surface area (Å²) in [7, 11) is -3.61. The van der Waals surface area contributed by atoms with Gasteiger partial charge in [0, 0.05) is 23.2 Å². The number of nitrogens with two attached hydrogens (primary N) is 1. The molecule has 0 aliphatic rings. The molecule has 0 aliphatic heterocycles. The van der Waals surface area contributed by atoms with Crippen molar-refractivity contribution in [3.05, 3.63) is 22.7 Å². The first-order valence-electron chi connectivity index (χ1n) is 5.77. The molecular weight excluding hydrogens is 330 g/mol. The topological polar surface area (TPSA) is 87.2 Å². The zero-order valence-corrected chi connectivity index (χ0v) is 13.2. The Hall–Kier alpha value is -1.10. The predicted molar refractivity (Wildman–Crippen MR) is 77.8 cm³/mol. The first-order chi connectivity index (χ1) is 8.82. The Kier molecular flexibility index (Phi) is 5.35. The summed E-state index contributed by atoms with van der Waals surface area (Å²) in [6, 6.07) is 6.55. The standard InChI is InChI=1S/C12H16BrN3O2S/c1-3-16(8-9(2)7-14)19(17,18)10-4-5-11(13)12(15)6-10/h4-6,9H,3,8,15H2,1-2H3. The number of benzene rings is 1. The van der Waals surface area contributed by atoms with E-state index in [0.29, 0.717) is 16.7 Å². The Morgan fingerprint density at radius 3 is 2.63 bits per heavy atom. The molecule has 1 unspecified atom stereocenters. The third kappa shape index (κ3) is 3.69. The maximum absolute atomic E-state index is 12.4. The van der Waals surface area contributed by atoms with E-state index in [0.717, 1.165) is 0 Å². The highest BCUT2D eigenvalue weighted by Crippen LogP contribution is 2.25. The van der Waals surface area contributed by atoms with Crippen LogP contribution >= 0.6 is 15.9 Å². The molecule has 104 valence electrons. The Morgan fingerprint density at radius 1 is 1.53 bits per heavy atom. The van der Waals surface area contributed by atoms with Crippen LogP contribution in [0, 0.1) is 17.2 Å². The summed E-state index contributed by atoms with van der Waals surface area (Å²) in [5, 5.41) is 8.80. The van der Waals surface area contributed by atoms with E-state index in [1.165, 1.54) is 16.4 Å². The third-order valence-corrected chi connectivity index (χ3v) is 5.31. The van der Waals surface area contributed by atoms with Crippen molar-refractivity contribution < 1.29 is 8.42 Å². The molecule has 0 heterocycles. The first-order valence-corrected chi connectivity index (χ1v) is 8.01. The van der Waals surface area contributed by atoms with Crippen LogP contribution < -0.4 is 5.73 Å². The van der Waals surface area contributed by atoms with Crippen molar-refractivity contribution in [3.8, 4) is 6.07 Å². The highest BCUT2D eigenvalue weighted by atomic mass is 79.9. The molecule has 0 spiro atoms. The van der Waals surface area contributed by atoms with Crippen molar-refractivity contribution in [2.45, 2.75) is 18.7 Å². The van der Waals surface area contributed by atoms with Crippen LogP contribution in [-0.4, -0.2) is 25.8 Å². The molecule has 0 amide bonds. The fraction of sp³-hybridized carbons (Fsp3) is 0.417. The quantitative estimate of drug-likeness (QED) is 0.828. The lowest BCUT2D eigenvalue weighted by Gasteiger charge is -2.21. The second kappa shape index (κ2) is 6.37. The lowest BCUT2D eigenvalue weighted by Crippen LogP contribution is -2.34. The lowest BCUT2D eigenvalue weighted by atomic mass is 10.2. The molecule has 1 aromatic carbocycles. The van der Waals surface area contributed by atoms with Crippen molar-refractivity contribution in [2.75, 3.05) is 18.8 Å². The highest BCUT2D eigenvalue weighted by Gasteiger charge is 2.25. The fourth-order valence-corrected chi connectivity index (χ4v) is 3.40. The van der Waals surface area contributed by atoms with Gasteiger partial charge < -0.3 is 5.73 Å². The van der Waals surface area contributed by atoms with Gasteiger partial charge in [0.2, 0.25) is 10.0 Å². The predicted octanol–water partition coefficient (Wildman–Crippen LogP) is 2.20. The van der Waals surface area contributed by atoms with E-state index in [-0.39, 0.29) is 17.4 Å². The summed E-state index contributed by atoms with van der Waals surface area (Å²) in [5.41, 5.74) is 6.07. The minimum absolute atomic E-state index is 0.139. The molecule has 5 nitrogen and oxygen atoms in total. The lowest BCUT2D eigenvalue weighted by molar-refractivity contribution is 0.400. The highest BCUT2D eigenvalue weighted by molar-refractivity contribution is 9.10. The van der Waals surface area contributed by atoms with Crippen molar-refractivity contribution in [1.82, 2.24) is 4.31 Å². The van der Waals surface area contributed by atoms with Crippen LogP contribution in [0.5, 0.6) is 0 Å².